The lowest BCUT2D eigenvalue weighted by molar-refractivity contribution is -0.145. The van der Waals surface area contributed by atoms with Gasteiger partial charge in [0.05, 0.1) is 13.7 Å². The lowest BCUT2D eigenvalue weighted by Gasteiger charge is -2.29. The first kappa shape index (κ1) is 21.1. The molecular weight excluding hydrogens is 392 g/mol. The quantitative estimate of drug-likeness (QED) is 0.414. The largest absolute Gasteiger partial charge is 0.493 e. The number of carbonyl (C=O) groups is 2. The van der Waals surface area contributed by atoms with Crippen LogP contribution in [-0.2, 0) is 14.3 Å². The molecule has 0 atom stereocenters. The van der Waals surface area contributed by atoms with Gasteiger partial charge in [-0.15, -0.1) is 0 Å². The van der Waals surface area contributed by atoms with Crippen LogP contribution in [0.1, 0.15) is 44.6 Å². The van der Waals surface area contributed by atoms with Gasteiger partial charge in [0.15, 0.2) is 23.2 Å². The summed E-state index contributed by atoms with van der Waals surface area (Å²) in [5, 5.41) is 3.51. The summed E-state index contributed by atoms with van der Waals surface area (Å²) < 4.78 is 15.7. The van der Waals surface area contributed by atoms with Crippen molar-refractivity contribution in [1.29, 1.82) is 0 Å². The molecule has 1 amide bonds. The number of benzene rings is 1. The van der Waals surface area contributed by atoms with E-state index in [2.05, 4.69) is 5.32 Å². The molecule has 2 aliphatic rings. The zero-order valence-corrected chi connectivity index (χ0v) is 17.5. The first-order valence-electron chi connectivity index (χ1n) is 9.86. The molecule has 0 spiro atoms. The number of carbonyl (C=O) groups excluding carboxylic acids is 2. The number of esters is 1. The maximum absolute atomic E-state index is 12.9. The van der Waals surface area contributed by atoms with Crippen LogP contribution in [0.5, 0.6) is 11.5 Å². The number of hydrogen-bond donors (Lipinski definition) is 1. The Morgan fingerprint density at radius 1 is 1.28 bits per heavy atom. The number of nitrogens with one attached hydrogen (secondary N) is 1. The maximum Gasteiger partial charge on any atom is 0.344 e. The molecule has 1 saturated heterocycles. The van der Waals surface area contributed by atoms with E-state index in [9.17, 15) is 9.59 Å². The molecule has 156 valence electrons. The number of thiocarbonyl (C=S) groups is 1. The number of ether oxygens (including phenoxy) is 3. The molecule has 1 aliphatic carbocycles. The van der Waals surface area contributed by atoms with Crippen LogP contribution in [0.4, 0.5) is 0 Å². The van der Waals surface area contributed by atoms with Crippen molar-refractivity contribution in [1.82, 2.24) is 10.2 Å². The maximum atomic E-state index is 12.9. The summed E-state index contributed by atoms with van der Waals surface area (Å²) in [5.74, 6) is 0.342. The fourth-order valence-electron chi connectivity index (χ4n) is 3.62. The van der Waals surface area contributed by atoms with Gasteiger partial charge < -0.3 is 19.5 Å². The predicted octanol–water partition coefficient (Wildman–Crippen LogP) is 3.03. The van der Waals surface area contributed by atoms with Crippen molar-refractivity contribution in [2.75, 3.05) is 20.3 Å². The highest BCUT2D eigenvalue weighted by Gasteiger charge is 2.36. The van der Waals surface area contributed by atoms with E-state index < -0.39 is 5.97 Å². The summed E-state index contributed by atoms with van der Waals surface area (Å²) in [7, 11) is 1.52. The molecule has 1 heterocycles. The standard InChI is InChI=1S/C21H26N2O5S/c1-3-27-19(24)13-28-17-10-9-14(12-18(17)26-2)11-16-20(25)23(21(29)22-16)15-7-5-4-6-8-15/h9-12,15H,3-8,13H2,1-2H3,(H,22,29). The number of nitrogens with zero attached hydrogens (tertiary/aromatic N) is 1. The van der Waals surface area contributed by atoms with Gasteiger partial charge in [0.2, 0.25) is 0 Å². The second kappa shape index (κ2) is 9.73. The Balaban J connectivity index is 1.73. The second-order valence-electron chi connectivity index (χ2n) is 6.96. The Labute approximate surface area is 176 Å². The molecule has 1 N–H and O–H groups in total. The van der Waals surface area contributed by atoms with E-state index in [1.807, 2.05) is 0 Å². The van der Waals surface area contributed by atoms with Crippen LogP contribution in [0, 0.1) is 0 Å². The summed E-state index contributed by atoms with van der Waals surface area (Å²) in [6.45, 7) is 1.84. The first-order chi connectivity index (χ1) is 14.0. The third kappa shape index (κ3) is 5.06. The van der Waals surface area contributed by atoms with Crippen molar-refractivity contribution in [2.45, 2.75) is 45.1 Å². The van der Waals surface area contributed by atoms with Crippen LogP contribution in [-0.4, -0.2) is 48.3 Å². The highest BCUT2D eigenvalue weighted by atomic mass is 32.1. The van der Waals surface area contributed by atoms with Gasteiger partial charge in [0.25, 0.3) is 5.91 Å². The first-order valence-corrected chi connectivity index (χ1v) is 10.3. The van der Waals surface area contributed by atoms with E-state index in [0.29, 0.717) is 28.9 Å². The van der Waals surface area contributed by atoms with Crippen molar-refractivity contribution < 1.29 is 23.8 Å². The van der Waals surface area contributed by atoms with E-state index in [0.717, 1.165) is 31.2 Å². The minimum absolute atomic E-state index is 0.0940. The monoisotopic (exact) mass is 418 g/mol. The lowest BCUT2D eigenvalue weighted by Crippen LogP contribution is -2.41. The predicted molar refractivity (Wildman–Crippen MR) is 113 cm³/mol. The molecular formula is C21H26N2O5S. The number of methoxy groups -OCH3 is 1. The number of rotatable bonds is 7. The van der Waals surface area contributed by atoms with Gasteiger partial charge >= 0.3 is 5.97 Å². The van der Waals surface area contributed by atoms with Crippen LogP contribution in [0.3, 0.4) is 0 Å². The fourth-order valence-corrected chi connectivity index (χ4v) is 3.96. The molecule has 1 aromatic carbocycles. The molecule has 1 saturated carbocycles. The van der Waals surface area contributed by atoms with Crippen molar-refractivity contribution in [3.63, 3.8) is 0 Å². The van der Waals surface area contributed by atoms with Gasteiger partial charge in [-0.25, -0.2) is 4.79 Å². The van der Waals surface area contributed by atoms with Crippen LogP contribution >= 0.6 is 12.2 Å². The summed E-state index contributed by atoms with van der Waals surface area (Å²) in [5.41, 5.74) is 1.21. The van der Waals surface area contributed by atoms with Crippen LogP contribution in [0.25, 0.3) is 6.08 Å². The zero-order valence-electron chi connectivity index (χ0n) is 16.7. The Morgan fingerprint density at radius 3 is 2.72 bits per heavy atom. The van der Waals surface area contributed by atoms with Crippen LogP contribution in [0.15, 0.2) is 23.9 Å². The smallest absolute Gasteiger partial charge is 0.344 e. The van der Waals surface area contributed by atoms with Gasteiger partial charge in [0.1, 0.15) is 5.70 Å². The van der Waals surface area contributed by atoms with Crippen LogP contribution < -0.4 is 14.8 Å². The van der Waals surface area contributed by atoms with Crippen molar-refractivity contribution in [3.8, 4) is 11.5 Å². The van der Waals surface area contributed by atoms with E-state index in [4.69, 9.17) is 26.4 Å². The molecule has 7 nitrogen and oxygen atoms in total. The number of amides is 1. The Kier molecular flexibility index (Phi) is 7.09. The van der Waals surface area contributed by atoms with E-state index >= 15 is 0 Å². The van der Waals surface area contributed by atoms with E-state index in [1.54, 1.807) is 36.1 Å². The van der Waals surface area contributed by atoms with E-state index in [-0.39, 0.29) is 18.6 Å². The van der Waals surface area contributed by atoms with Crippen molar-refractivity contribution >= 4 is 35.3 Å². The third-order valence-corrected chi connectivity index (χ3v) is 5.30. The van der Waals surface area contributed by atoms with Gasteiger partial charge in [-0.2, -0.15) is 0 Å². The Bertz CT molecular complexity index is 817. The average Bonchev–Trinajstić information content (AvgIpc) is 3.00. The Hall–Kier alpha value is -2.61. The fraction of sp³-hybridized carbons (Fsp3) is 0.476. The SMILES string of the molecule is CCOC(=O)COc1ccc(C=C2NC(=S)N(C3CCCCC3)C2=O)cc1OC. The zero-order chi connectivity index (χ0) is 20.8. The summed E-state index contributed by atoms with van der Waals surface area (Å²) in [6, 6.07) is 5.41. The van der Waals surface area contributed by atoms with Gasteiger partial charge in [-0.1, -0.05) is 25.3 Å². The normalized spacial score (nSPS) is 18.7. The molecule has 29 heavy (non-hydrogen) atoms. The van der Waals surface area contributed by atoms with Gasteiger partial charge in [-0.3, -0.25) is 9.69 Å². The second-order valence-corrected chi connectivity index (χ2v) is 7.35. The van der Waals surface area contributed by atoms with Gasteiger partial charge in [0, 0.05) is 6.04 Å². The molecule has 0 unspecified atom stereocenters. The van der Waals surface area contributed by atoms with Crippen LogP contribution in [0.2, 0.25) is 0 Å². The van der Waals surface area contributed by atoms with Crippen molar-refractivity contribution in [3.05, 3.63) is 29.5 Å². The average molecular weight is 419 g/mol. The van der Waals surface area contributed by atoms with Crippen molar-refractivity contribution in [2.24, 2.45) is 0 Å². The molecule has 2 fully saturated rings. The minimum Gasteiger partial charge on any atom is -0.493 e. The Morgan fingerprint density at radius 2 is 2.03 bits per heavy atom. The molecule has 8 heteroatoms. The molecule has 1 aromatic rings. The molecule has 0 bridgehead atoms. The van der Waals surface area contributed by atoms with Gasteiger partial charge in [-0.05, 0) is 55.8 Å². The molecule has 0 aromatic heterocycles. The minimum atomic E-state index is -0.446. The summed E-state index contributed by atoms with van der Waals surface area (Å²) in [4.78, 5) is 26.1. The third-order valence-electron chi connectivity index (χ3n) is 5.00. The highest BCUT2D eigenvalue weighted by Crippen LogP contribution is 2.30. The number of hydrogen-bond acceptors (Lipinski definition) is 6. The highest BCUT2D eigenvalue weighted by molar-refractivity contribution is 7.80. The summed E-state index contributed by atoms with van der Waals surface area (Å²) >= 11 is 5.41. The molecule has 1 aliphatic heterocycles. The summed E-state index contributed by atoms with van der Waals surface area (Å²) in [6.07, 6.45) is 7.18. The molecule has 3 rings (SSSR count). The molecule has 0 radical (unpaired) electrons. The topological polar surface area (TPSA) is 77.1 Å². The lowest BCUT2D eigenvalue weighted by atomic mass is 9.94. The van der Waals surface area contributed by atoms with E-state index in [1.165, 1.54) is 13.5 Å².